The highest BCUT2D eigenvalue weighted by Crippen LogP contribution is 2.44. The summed E-state index contributed by atoms with van der Waals surface area (Å²) in [5.41, 5.74) is 0.127. The highest BCUT2D eigenvalue weighted by atomic mass is 79.9. The van der Waals surface area contributed by atoms with Gasteiger partial charge in [0.05, 0.1) is 12.2 Å². The molecule has 5 heteroatoms. The van der Waals surface area contributed by atoms with Crippen LogP contribution in [0.5, 0.6) is 5.75 Å². The molecule has 1 amide bonds. The summed E-state index contributed by atoms with van der Waals surface area (Å²) >= 11 is 3.21. The molecule has 0 unspecified atom stereocenters. The predicted octanol–water partition coefficient (Wildman–Crippen LogP) is 1.66. The van der Waals surface area contributed by atoms with Gasteiger partial charge >= 0.3 is 0 Å². The summed E-state index contributed by atoms with van der Waals surface area (Å²) in [7, 11) is 0. The zero-order valence-electron chi connectivity index (χ0n) is 9.24. The average Bonchev–Trinajstić information content (AvgIpc) is 3.07. The summed E-state index contributed by atoms with van der Waals surface area (Å²) in [4.78, 5) is 11.8. The minimum atomic E-state index is -0.310. The summed E-state index contributed by atoms with van der Waals surface area (Å²) in [6.45, 7) is 0.553. The van der Waals surface area contributed by atoms with Crippen LogP contribution in [-0.2, 0) is 0 Å². The van der Waals surface area contributed by atoms with Gasteiger partial charge in [-0.15, -0.1) is 0 Å². The van der Waals surface area contributed by atoms with Crippen LogP contribution in [0.1, 0.15) is 23.2 Å². The minimum Gasteiger partial charge on any atom is -0.507 e. The molecule has 17 heavy (non-hydrogen) atoms. The topological polar surface area (TPSA) is 69.6 Å². The van der Waals surface area contributed by atoms with Crippen molar-refractivity contribution in [2.45, 2.75) is 12.8 Å². The van der Waals surface area contributed by atoms with Gasteiger partial charge in [-0.25, -0.2) is 0 Å². The standard InChI is InChI=1S/C12H14BrNO3/c13-8-1-2-9(10(16)5-8)11(17)14-6-12(7-15)3-4-12/h1-2,5,15-16H,3-4,6-7H2,(H,14,17). The van der Waals surface area contributed by atoms with Crippen molar-refractivity contribution in [2.24, 2.45) is 5.41 Å². The van der Waals surface area contributed by atoms with Gasteiger partial charge < -0.3 is 15.5 Å². The van der Waals surface area contributed by atoms with Gasteiger partial charge in [0.1, 0.15) is 5.75 Å². The second kappa shape index (κ2) is 4.66. The van der Waals surface area contributed by atoms with Crippen LogP contribution in [0.2, 0.25) is 0 Å². The van der Waals surface area contributed by atoms with Crippen molar-refractivity contribution in [1.82, 2.24) is 5.32 Å². The lowest BCUT2D eigenvalue weighted by molar-refractivity contribution is 0.0932. The molecule has 0 saturated heterocycles. The van der Waals surface area contributed by atoms with Gasteiger partial charge in [0.15, 0.2) is 0 Å². The number of benzene rings is 1. The number of amides is 1. The molecule has 0 aromatic heterocycles. The van der Waals surface area contributed by atoms with Gasteiger partial charge in [0, 0.05) is 16.4 Å². The van der Waals surface area contributed by atoms with Crippen molar-refractivity contribution >= 4 is 21.8 Å². The van der Waals surface area contributed by atoms with E-state index in [2.05, 4.69) is 21.2 Å². The minimum absolute atomic E-state index is 0.0503. The van der Waals surface area contributed by atoms with Gasteiger partial charge in [-0.1, -0.05) is 15.9 Å². The number of aliphatic hydroxyl groups is 1. The lowest BCUT2D eigenvalue weighted by Crippen LogP contribution is -2.31. The number of rotatable bonds is 4. The molecular weight excluding hydrogens is 286 g/mol. The first kappa shape index (κ1) is 12.4. The Kier molecular flexibility index (Phi) is 3.40. The van der Waals surface area contributed by atoms with Crippen LogP contribution in [0, 0.1) is 5.41 Å². The number of phenolic OH excluding ortho intramolecular Hbond substituents is 1. The van der Waals surface area contributed by atoms with Crippen molar-refractivity contribution in [2.75, 3.05) is 13.2 Å². The van der Waals surface area contributed by atoms with Gasteiger partial charge in [0.25, 0.3) is 5.91 Å². The fourth-order valence-corrected chi connectivity index (χ4v) is 1.98. The summed E-state index contributed by atoms with van der Waals surface area (Å²) in [5.74, 6) is -0.361. The summed E-state index contributed by atoms with van der Waals surface area (Å²) in [6, 6.07) is 4.74. The molecule has 1 aliphatic rings. The van der Waals surface area contributed by atoms with Crippen molar-refractivity contribution in [3.8, 4) is 5.75 Å². The first-order chi connectivity index (χ1) is 8.06. The molecular formula is C12H14BrNO3. The van der Waals surface area contributed by atoms with Crippen LogP contribution >= 0.6 is 15.9 Å². The van der Waals surface area contributed by atoms with Crippen molar-refractivity contribution in [1.29, 1.82) is 0 Å². The van der Waals surface area contributed by atoms with E-state index in [9.17, 15) is 9.90 Å². The second-order valence-electron chi connectivity index (χ2n) is 4.50. The molecule has 0 heterocycles. The SMILES string of the molecule is O=C(NCC1(CO)CC1)c1ccc(Br)cc1O. The molecule has 0 radical (unpaired) electrons. The molecule has 0 bridgehead atoms. The van der Waals surface area contributed by atoms with Crippen LogP contribution in [0.4, 0.5) is 0 Å². The maximum Gasteiger partial charge on any atom is 0.255 e. The second-order valence-corrected chi connectivity index (χ2v) is 5.42. The van der Waals surface area contributed by atoms with Crippen LogP contribution < -0.4 is 5.32 Å². The van der Waals surface area contributed by atoms with E-state index >= 15 is 0 Å². The molecule has 1 fully saturated rings. The fraction of sp³-hybridized carbons (Fsp3) is 0.417. The maximum absolute atomic E-state index is 11.8. The van der Waals surface area contributed by atoms with Gasteiger partial charge in [-0.2, -0.15) is 0 Å². The molecule has 1 saturated carbocycles. The number of aliphatic hydroxyl groups excluding tert-OH is 1. The Labute approximate surface area is 108 Å². The van der Waals surface area contributed by atoms with Crippen molar-refractivity contribution in [3.63, 3.8) is 0 Å². The van der Waals surface area contributed by atoms with Crippen LogP contribution in [-0.4, -0.2) is 29.3 Å². The number of carbonyl (C=O) groups excluding carboxylic acids is 1. The highest BCUT2D eigenvalue weighted by molar-refractivity contribution is 9.10. The van der Waals surface area contributed by atoms with E-state index in [0.29, 0.717) is 6.54 Å². The normalized spacial score (nSPS) is 16.6. The number of hydrogen-bond acceptors (Lipinski definition) is 3. The zero-order valence-corrected chi connectivity index (χ0v) is 10.8. The Morgan fingerprint density at radius 1 is 1.47 bits per heavy atom. The number of phenols is 1. The monoisotopic (exact) mass is 299 g/mol. The Morgan fingerprint density at radius 2 is 2.18 bits per heavy atom. The molecule has 1 aliphatic carbocycles. The molecule has 0 aliphatic heterocycles. The molecule has 4 nitrogen and oxygen atoms in total. The van der Waals surface area contributed by atoms with Gasteiger partial charge in [-0.05, 0) is 31.0 Å². The van der Waals surface area contributed by atoms with Crippen molar-refractivity contribution < 1.29 is 15.0 Å². The van der Waals surface area contributed by atoms with Crippen LogP contribution in [0.15, 0.2) is 22.7 Å². The number of carbonyl (C=O) groups is 1. The van der Waals surface area contributed by atoms with E-state index in [1.165, 1.54) is 6.07 Å². The maximum atomic E-state index is 11.8. The Balaban J connectivity index is 2.00. The third-order valence-corrected chi connectivity index (χ3v) is 3.61. The average molecular weight is 300 g/mol. The van der Waals surface area contributed by atoms with Gasteiger partial charge in [0.2, 0.25) is 0 Å². The first-order valence-electron chi connectivity index (χ1n) is 5.44. The zero-order chi connectivity index (χ0) is 12.5. The predicted molar refractivity (Wildman–Crippen MR) is 66.9 cm³/mol. The van der Waals surface area contributed by atoms with E-state index < -0.39 is 0 Å². The van der Waals surface area contributed by atoms with Crippen LogP contribution in [0.3, 0.4) is 0 Å². The summed E-state index contributed by atoms with van der Waals surface area (Å²) in [6.07, 6.45) is 1.88. The molecule has 3 N–H and O–H groups in total. The van der Waals surface area contributed by atoms with Crippen molar-refractivity contribution in [3.05, 3.63) is 28.2 Å². The molecule has 0 spiro atoms. The lowest BCUT2D eigenvalue weighted by Gasteiger charge is -2.13. The lowest BCUT2D eigenvalue weighted by atomic mass is 10.1. The summed E-state index contributed by atoms with van der Waals surface area (Å²) in [5, 5.41) is 21.5. The smallest absolute Gasteiger partial charge is 0.255 e. The molecule has 92 valence electrons. The first-order valence-corrected chi connectivity index (χ1v) is 6.23. The van der Waals surface area contributed by atoms with E-state index in [1.807, 2.05) is 0 Å². The number of nitrogens with one attached hydrogen (secondary N) is 1. The fourth-order valence-electron chi connectivity index (χ4n) is 1.63. The number of hydrogen-bond donors (Lipinski definition) is 3. The molecule has 1 aromatic carbocycles. The third-order valence-electron chi connectivity index (χ3n) is 3.12. The van der Waals surface area contributed by atoms with E-state index in [4.69, 9.17) is 5.11 Å². The number of halogens is 1. The quantitative estimate of drug-likeness (QED) is 0.792. The molecule has 1 aromatic rings. The largest absolute Gasteiger partial charge is 0.507 e. The third kappa shape index (κ3) is 2.79. The van der Waals surface area contributed by atoms with E-state index in [1.54, 1.807) is 12.1 Å². The highest BCUT2D eigenvalue weighted by Gasteiger charge is 2.42. The Bertz CT molecular complexity index is 443. The molecule has 2 rings (SSSR count). The number of aromatic hydroxyl groups is 1. The van der Waals surface area contributed by atoms with E-state index in [0.717, 1.165) is 17.3 Å². The van der Waals surface area contributed by atoms with E-state index in [-0.39, 0.29) is 29.2 Å². The van der Waals surface area contributed by atoms with Gasteiger partial charge in [-0.3, -0.25) is 4.79 Å². The summed E-state index contributed by atoms with van der Waals surface area (Å²) < 4.78 is 0.723. The Hall–Kier alpha value is -1.07. The Morgan fingerprint density at radius 3 is 2.71 bits per heavy atom. The van der Waals surface area contributed by atoms with Crippen LogP contribution in [0.25, 0.3) is 0 Å². The molecule has 0 atom stereocenters.